The number of ether oxygens (including phenoxy) is 1. The monoisotopic (exact) mass is 570 g/mol. The maximum Gasteiger partial charge on any atom is 0.433 e. The number of carbonyl (C=O) groups excluding carboxylic acids is 2. The number of nitrogens with two attached hydrogens (primary N) is 1. The van der Waals surface area contributed by atoms with Gasteiger partial charge in [0, 0.05) is 36.3 Å². The lowest BCUT2D eigenvalue weighted by molar-refractivity contribution is -0.142. The van der Waals surface area contributed by atoms with E-state index in [1.54, 1.807) is 13.0 Å². The summed E-state index contributed by atoms with van der Waals surface area (Å²) in [6.07, 6.45) is -2.89. The van der Waals surface area contributed by atoms with E-state index in [9.17, 15) is 31.2 Å². The van der Waals surface area contributed by atoms with Gasteiger partial charge in [-0.2, -0.15) is 17.9 Å². The van der Waals surface area contributed by atoms with Gasteiger partial charge in [-0.25, -0.2) is 18.4 Å². The van der Waals surface area contributed by atoms with Crippen molar-refractivity contribution >= 4 is 27.8 Å². The lowest BCUT2D eigenvalue weighted by Crippen LogP contribution is -2.52. The molecule has 1 aromatic carbocycles. The molecule has 2 aliphatic heterocycles. The first-order chi connectivity index (χ1) is 18.3. The quantitative estimate of drug-likeness (QED) is 0.454. The second-order valence-electron chi connectivity index (χ2n) is 9.56. The third kappa shape index (κ3) is 6.41. The Hall–Kier alpha value is -3.46. The van der Waals surface area contributed by atoms with E-state index in [1.165, 1.54) is 24.0 Å². The summed E-state index contributed by atoms with van der Waals surface area (Å²) in [5, 5.41) is 2.39. The van der Waals surface area contributed by atoms with E-state index in [0.717, 1.165) is 5.56 Å². The molecule has 2 amide bonds. The van der Waals surface area contributed by atoms with Crippen LogP contribution in [0.25, 0.3) is 0 Å². The van der Waals surface area contributed by atoms with Crippen LogP contribution < -0.4 is 20.5 Å². The summed E-state index contributed by atoms with van der Waals surface area (Å²) in [6, 6.07) is 3.01. The number of alkyl halides is 3. The molecule has 0 radical (unpaired) electrons. The number of sulfonamides is 1. The molecular weight excluding hydrogens is 541 g/mol. The van der Waals surface area contributed by atoms with E-state index < -0.39 is 64.8 Å². The molecule has 1 saturated heterocycles. The standard InChI is InChI=1S/C24H29F3N6O5S/c1-13-4-3-5-18(32-39(36,37)16-7-6-15-8-9-38-19(15)10-16)22(35)33(13)12-20(34)29-11-17-14(2)30-23(28)31-21(17)24(25,26)27/h6-7,10,13,18,32H,3-5,8-9,11-12H2,1-2H3,(H,29,34)(H2,28,30,31)/t13-,18+/m1/s1. The fourth-order valence-electron chi connectivity index (χ4n) is 4.69. The zero-order valence-electron chi connectivity index (χ0n) is 21.3. The molecule has 2 aliphatic rings. The number of nitrogen functional groups attached to an aromatic ring is 1. The minimum atomic E-state index is -4.81. The summed E-state index contributed by atoms with van der Waals surface area (Å²) in [4.78, 5) is 34.3. The Labute approximate surface area is 223 Å². The van der Waals surface area contributed by atoms with Gasteiger partial charge >= 0.3 is 6.18 Å². The maximum atomic E-state index is 13.4. The lowest BCUT2D eigenvalue weighted by Gasteiger charge is -2.29. The highest BCUT2D eigenvalue weighted by Gasteiger charge is 2.38. The summed E-state index contributed by atoms with van der Waals surface area (Å²) >= 11 is 0. The molecule has 0 aliphatic carbocycles. The molecule has 0 unspecified atom stereocenters. The number of nitrogens with zero attached hydrogens (tertiary/aromatic N) is 3. The van der Waals surface area contributed by atoms with Gasteiger partial charge in [0.1, 0.15) is 11.8 Å². The smallest absolute Gasteiger partial charge is 0.433 e. The number of nitrogens with one attached hydrogen (secondary N) is 2. The number of hydrogen-bond acceptors (Lipinski definition) is 8. The zero-order valence-corrected chi connectivity index (χ0v) is 22.2. The Morgan fingerprint density at radius 3 is 2.72 bits per heavy atom. The van der Waals surface area contributed by atoms with Crippen LogP contribution in [0.2, 0.25) is 0 Å². The van der Waals surface area contributed by atoms with Gasteiger partial charge in [-0.15, -0.1) is 0 Å². The number of aromatic nitrogens is 2. The van der Waals surface area contributed by atoms with E-state index in [0.29, 0.717) is 31.6 Å². The number of amides is 2. The number of halogens is 3. The van der Waals surface area contributed by atoms with E-state index in [1.807, 2.05) is 0 Å². The molecule has 4 N–H and O–H groups in total. The first kappa shape index (κ1) is 28.5. The van der Waals surface area contributed by atoms with Crippen LogP contribution in [0.5, 0.6) is 5.75 Å². The number of rotatable bonds is 7. The normalized spacial score (nSPS) is 19.8. The van der Waals surface area contributed by atoms with Gasteiger partial charge < -0.3 is 20.7 Å². The predicted octanol–water partition coefficient (Wildman–Crippen LogP) is 1.69. The predicted molar refractivity (Wildman–Crippen MR) is 133 cm³/mol. The van der Waals surface area contributed by atoms with Crippen molar-refractivity contribution in [3.8, 4) is 5.75 Å². The van der Waals surface area contributed by atoms with Crippen LogP contribution in [-0.4, -0.2) is 60.3 Å². The molecule has 2 aromatic rings. The average Bonchev–Trinajstić information content (AvgIpc) is 3.28. The first-order valence-electron chi connectivity index (χ1n) is 12.3. The molecule has 4 rings (SSSR count). The van der Waals surface area contributed by atoms with Gasteiger partial charge in [-0.3, -0.25) is 9.59 Å². The molecule has 1 fully saturated rings. The van der Waals surface area contributed by atoms with Crippen LogP contribution >= 0.6 is 0 Å². The highest BCUT2D eigenvalue weighted by molar-refractivity contribution is 7.89. The Morgan fingerprint density at radius 2 is 2.00 bits per heavy atom. The van der Waals surface area contributed by atoms with Gasteiger partial charge in [0.2, 0.25) is 27.8 Å². The number of hydrogen-bond donors (Lipinski definition) is 3. The summed E-state index contributed by atoms with van der Waals surface area (Å²) in [5.41, 5.74) is 4.62. The van der Waals surface area contributed by atoms with Crippen molar-refractivity contribution in [2.75, 3.05) is 18.9 Å². The van der Waals surface area contributed by atoms with Gasteiger partial charge in [0.05, 0.1) is 18.0 Å². The number of carbonyl (C=O) groups is 2. The average molecular weight is 571 g/mol. The third-order valence-corrected chi connectivity index (χ3v) is 8.25. The largest absolute Gasteiger partial charge is 0.493 e. The van der Waals surface area contributed by atoms with Crippen LogP contribution in [0, 0.1) is 6.92 Å². The SMILES string of the molecule is Cc1nc(N)nc(C(F)(F)F)c1CNC(=O)CN1C(=O)[C@@H](NS(=O)(=O)c2ccc3c(c2)OCC3)CCC[C@H]1C. The summed E-state index contributed by atoms with van der Waals surface area (Å²) < 4.78 is 74.4. The highest BCUT2D eigenvalue weighted by Crippen LogP contribution is 2.32. The van der Waals surface area contributed by atoms with Crippen molar-refractivity contribution in [3.63, 3.8) is 0 Å². The Morgan fingerprint density at radius 1 is 1.26 bits per heavy atom. The summed E-state index contributed by atoms with van der Waals surface area (Å²) in [6.45, 7) is 2.50. The van der Waals surface area contributed by atoms with Crippen molar-refractivity contribution in [1.29, 1.82) is 0 Å². The Balaban J connectivity index is 1.46. The second-order valence-corrected chi connectivity index (χ2v) is 11.3. The minimum absolute atomic E-state index is 0.0410. The van der Waals surface area contributed by atoms with Gasteiger partial charge in [-0.05, 0) is 44.7 Å². The molecule has 3 heterocycles. The Kier molecular flexibility index (Phi) is 8.02. The summed E-state index contributed by atoms with van der Waals surface area (Å²) in [7, 11) is -4.08. The van der Waals surface area contributed by atoms with Gasteiger partial charge in [0.15, 0.2) is 5.69 Å². The number of fused-ring (bicyclic) bond motifs is 1. The summed E-state index contributed by atoms with van der Waals surface area (Å²) in [5.74, 6) is -1.38. The van der Waals surface area contributed by atoms with Gasteiger partial charge in [-0.1, -0.05) is 6.07 Å². The molecule has 0 spiro atoms. The number of aryl methyl sites for hydroxylation is 1. The molecule has 11 nitrogen and oxygen atoms in total. The molecule has 1 aromatic heterocycles. The zero-order chi connectivity index (χ0) is 28.5. The molecular formula is C24H29F3N6O5S. The van der Waals surface area contributed by atoms with E-state index in [4.69, 9.17) is 10.5 Å². The third-order valence-electron chi connectivity index (χ3n) is 6.78. The van der Waals surface area contributed by atoms with Crippen LogP contribution in [-0.2, 0) is 38.8 Å². The van der Waals surface area contributed by atoms with Crippen molar-refractivity contribution in [2.45, 2.75) is 69.2 Å². The fourth-order valence-corrected chi connectivity index (χ4v) is 5.93. The molecule has 0 saturated carbocycles. The van der Waals surface area contributed by atoms with E-state index in [-0.39, 0.29) is 22.6 Å². The number of benzene rings is 1. The van der Waals surface area contributed by atoms with Crippen LogP contribution in [0.3, 0.4) is 0 Å². The highest BCUT2D eigenvalue weighted by atomic mass is 32.2. The maximum absolute atomic E-state index is 13.4. The van der Waals surface area contributed by atoms with E-state index >= 15 is 0 Å². The fraction of sp³-hybridized carbons (Fsp3) is 0.500. The van der Waals surface area contributed by atoms with Crippen LogP contribution in [0.15, 0.2) is 23.1 Å². The van der Waals surface area contributed by atoms with Crippen molar-refractivity contribution in [2.24, 2.45) is 0 Å². The number of anilines is 1. The van der Waals surface area contributed by atoms with Crippen molar-refractivity contribution in [3.05, 3.63) is 40.7 Å². The van der Waals surface area contributed by atoms with E-state index in [2.05, 4.69) is 20.0 Å². The molecule has 212 valence electrons. The lowest BCUT2D eigenvalue weighted by atomic mass is 10.1. The van der Waals surface area contributed by atoms with Crippen molar-refractivity contribution < 1.29 is 35.9 Å². The number of likely N-dealkylation sites (tertiary alicyclic amines) is 1. The van der Waals surface area contributed by atoms with Crippen LogP contribution in [0.1, 0.15) is 48.7 Å². The second kappa shape index (κ2) is 11.0. The molecule has 39 heavy (non-hydrogen) atoms. The molecule has 2 atom stereocenters. The Bertz CT molecular complexity index is 1390. The molecule has 15 heteroatoms. The van der Waals surface area contributed by atoms with Crippen LogP contribution in [0.4, 0.5) is 19.1 Å². The minimum Gasteiger partial charge on any atom is -0.493 e. The molecule has 0 bridgehead atoms. The van der Waals surface area contributed by atoms with Crippen molar-refractivity contribution in [1.82, 2.24) is 24.9 Å². The van der Waals surface area contributed by atoms with Gasteiger partial charge in [0.25, 0.3) is 0 Å². The topological polar surface area (TPSA) is 157 Å². The first-order valence-corrected chi connectivity index (χ1v) is 13.8.